The fourth-order valence-corrected chi connectivity index (χ4v) is 1.79. The number of hydrogen-bond acceptors (Lipinski definition) is 2. The highest BCUT2D eigenvalue weighted by Crippen LogP contribution is 2.51. The molecule has 0 radical (unpaired) electrons. The number of nitrogens with one attached hydrogen (secondary N) is 1. The summed E-state index contributed by atoms with van der Waals surface area (Å²) in [5.74, 6) is 0.852. The fraction of sp³-hybridized carbons (Fsp3) is 1.00. The Labute approximate surface area is 82.0 Å². The lowest BCUT2D eigenvalue weighted by molar-refractivity contribution is 0.101. The molecule has 13 heavy (non-hydrogen) atoms. The topological polar surface area (TPSA) is 21.3 Å². The number of rotatable bonds is 7. The molecule has 0 bridgehead atoms. The Morgan fingerprint density at radius 3 is 2.85 bits per heavy atom. The van der Waals surface area contributed by atoms with Crippen molar-refractivity contribution < 1.29 is 4.74 Å². The Kier molecular flexibility index (Phi) is 4.20. The smallest absolute Gasteiger partial charge is 0.0522 e. The van der Waals surface area contributed by atoms with E-state index in [1.165, 1.54) is 19.4 Å². The molecule has 1 saturated carbocycles. The van der Waals surface area contributed by atoms with Gasteiger partial charge >= 0.3 is 0 Å². The van der Waals surface area contributed by atoms with Gasteiger partial charge in [-0.1, -0.05) is 13.8 Å². The Hall–Kier alpha value is -0.0800. The van der Waals surface area contributed by atoms with E-state index < -0.39 is 0 Å². The molecule has 2 nitrogen and oxygen atoms in total. The third kappa shape index (κ3) is 3.28. The maximum Gasteiger partial charge on any atom is 0.0522 e. The van der Waals surface area contributed by atoms with Gasteiger partial charge in [0.15, 0.2) is 0 Å². The maximum absolute atomic E-state index is 5.47. The molecule has 0 heterocycles. The first-order chi connectivity index (χ1) is 6.23. The monoisotopic (exact) mass is 185 g/mol. The van der Waals surface area contributed by atoms with Gasteiger partial charge in [-0.15, -0.1) is 0 Å². The first kappa shape index (κ1) is 11.0. The van der Waals surface area contributed by atoms with Gasteiger partial charge in [-0.3, -0.25) is 0 Å². The molecule has 0 amide bonds. The molecule has 0 aromatic carbocycles. The molecule has 1 N–H and O–H groups in total. The van der Waals surface area contributed by atoms with Crippen LogP contribution in [0.4, 0.5) is 0 Å². The summed E-state index contributed by atoms with van der Waals surface area (Å²) in [6.45, 7) is 10.7. The van der Waals surface area contributed by atoms with Gasteiger partial charge in [0.1, 0.15) is 0 Å². The minimum atomic E-state index is 0.483. The second-order valence-corrected chi connectivity index (χ2v) is 4.40. The summed E-state index contributed by atoms with van der Waals surface area (Å²) in [5.41, 5.74) is 0.483. The highest BCUT2D eigenvalue weighted by molar-refractivity contribution is 4.99. The average Bonchev–Trinajstić information content (AvgIpc) is 2.75. The predicted molar refractivity (Wildman–Crippen MR) is 55.9 cm³/mol. The normalized spacial score (nSPS) is 32.1. The van der Waals surface area contributed by atoms with Crippen LogP contribution in [-0.2, 0) is 4.74 Å². The second kappa shape index (κ2) is 4.97. The van der Waals surface area contributed by atoms with Crippen molar-refractivity contribution in [2.24, 2.45) is 11.3 Å². The van der Waals surface area contributed by atoms with Crippen molar-refractivity contribution in [3.05, 3.63) is 0 Å². The molecule has 0 aromatic rings. The van der Waals surface area contributed by atoms with E-state index in [2.05, 4.69) is 26.1 Å². The van der Waals surface area contributed by atoms with Crippen LogP contribution in [0, 0.1) is 11.3 Å². The minimum Gasteiger partial charge on any atom is -0.381 e. The van der Waals surface area contributed by atoms with E-state index in [4.69, 9.17) is 4.74 Å². The zero-order valence-corrected chi connectivity index (χ0v) is 9.23. The molecule has 78 valence electrons. The van der Waals surface area contributed by atoms with Crippen LogP contribution in [0.2, 0.25) is 0 Å². The molecule has 1 fully saturated rings. The number of ether oxygens (including phenoxy) is 1. The van der Waals surface area contributed by atoms with E-state index in [9.17, 15) is 0 Å². The third-order valence-electron chi connectivity index (χ3n) is 2.99. The van der Waals surface area contributed by atoms with E-state index in [0.717, 1.165) is 25.7 Å². The molecule has 0 aromatic heterocycles. The molecule has 1 aliphatic rings. The quantitative estimate of drug-likeness (QED) is 0.613. The first-order valence-corrected chi connectivity index (χ1v) is 5.51. The summed E-state index contributed by atoms with van der Waals surface area (Å²) in [6, 6.07) is 0. The molecular weight excluding hydrogens is 162 g/mol. The van der Waals surface area contributed by atoms with Gasteiger partial charge in [0.25, 0.3) is 0 Å². The summed E-state index contributed by atoms with van der Waals surface area (Å²) < 4.78 is 5.47. The summed E-state index contributed by atoms with van der Waals surface area (Å²) in [5, 5.41) is 3.47. The van der Waals surface area contributed by atoms with Crippen LogP contribution in [0.5, 0.6) is 0 Å². The van der Waals surface area contributed by atoms with Crippen LogP contribution in [0.25, 0.3) is 0 Å². The molecule has 0 saturated heterocycles. The fourth-order valence-electron chi connectivity index (χ4n) is 1.79. The number of hydrogen-bond donors (Lipinski definition) is 1. The molecule has 2 unspecified atom stereocenters. The third-order valence-corrected chi connectivity index (χ3v) is 2.99. The van der Waals surface area contributed by atoms with Gasteiger partial charge in [0.2, 0.25) is 0 Å². The lowest BCUT2D eigenvalue weighted by Gasteiger charge is -2.11. The Balaban J connectivity index is 2.05. The van der Waals surface area contributed by atoms with Gasteiger partial charge in [-0.05, 0) is 44.2 Å². The lowest BCUT2D eigenvalue weighted by Crippen LogP contribution is -2.21. The van der Waals surface area contributed by atoms with Crippen LogP contribution in [0.1, 0.15) is 33.6 Å². The highest BCUT2D eigenvalue weighted by atomic mass is 16.5. The summed E-state index contributed by atoms with van der Waals surface area (Å²) in [4.78, 5) is 0. The molecule has 1 rings (SSSR count). The molecule has 2 atom stereocenters. The van der Waals surface area contributed by atoms with Crippen molar-refractivity contribution in [3.8, 4) is 0 Å². The molecule has 0 aliphatic heterocycles. The standard InChI is InChI=1S/C11H23NO/c1-4-6-12-8-10-7-11(10,3)9-13-5-2/h10,12H,4-9H2,1-3H3. The molecular formula is C11H23NO. The van der Waals surface area contributed by atoms with E-state index in [0.29, 0.717) is 5.41 Å². The lowest BCUT2D eigenvalue weighted by atomic mass is 10.1. The van der Waals surface area contributed by atoms with E-state index in [1.807, 2.05) is 0 Å². The average molecular weight is 185 g/mol. The van der Waals surface area contributed by atoms with Crippen molar-refractivity contribution in [1.82, 2.24) is 5.32 Å². The van der Waals surface area contributed by atoms with Gasteiger partial charge < -0.3 is 10.1 Å². The second-order valence-electron chi connectivity index (χ2n) is 4.40. The zero-order chi connectivity index (χ0) is 9.73. The van der Waals surface area contributed by atoms with Crippen LogP contribution in [0.15, 0.2) is 0 Å². The Bertz CT molecular complexity index is 149. The summed E-state index contributed by atoms with van der Waals surface area (Å²) >= 11 is 0. The van der Waals surface area contributed by atoms with Crippen molar-refractivity contribution in [1.29, 1.82) is 0 Å². The van der Waals surface area contributed by atoms with E-state index >= 15 is 0 Å². The van der Waals surface area contributed by atoms with Gasteiger partial charge in [0.05, 0.1) is 6.61 Å². The van der Waals surface area contributed by atoms with Crippen LogP contribution >= 0.6 is 0 Å². The summed E-state index contributed by atoms with van der Waals surface area (Å²) in [7, 11) is 0. The van der Waals surface area contributed by atoms with Crippen molar-refractivity contribution in [3.63, 3.8) is 0 Å². The largest absolute Gasteiger partial charge is 0.381 e. The van der Waals surface area contributed by atoms with Crippen LogP contribution < -0.4 is 5.32 Å². The van der Waals surface area contributed by atoms with E-state index in [-0.39, 0.29) is 0 Å². The van der Waals surface area contributed by atoms with E-state index in [1.54, 1.807) is 0 Å². The summed E-state index contributed by atoms with van der Waals surface area (Å²) in [6.07, 6.45) is 2.57. The molecule has 2 heteroatoms. The van der Waals surface area contributed by atoms with Crippen molar-refractivity contribution in [2.45, 2.75) is 33.6 Å². The predicted octanol–water partition coefficient (Wildman–Crippen LogP) is 2.05. The van der Waals surface area contributed by atoms with Crippen molar-refractivity contribution in [2.75, 3.05) is 26.3 Å². The SMILES string of the molecule is CCCNCC1CC1(C)COCC. The van der Waals surface area contributed by atoms with Crippen LogP contribution in [-0.4, -0.2) is 26.3 Å². The maximum atomic E-state index is 5.47. The van der Waals surface area contributed by atoms with Crippen LogP contribution in [0.3, 0.4) is 0 Å². The van der Waals surface area contributed by atoms with Crippen molar-refractivity contribution >= 4 is 0 Å². The Morgan fingerprint density at radius 1 is 1.46 bits per heavy atom. The van der Waals surface area contributed by atoms with Gasteiger partial charge in [-0.25, -0.2) is 0 Å². The minimum absolute atomic E-state index is 0.483. The molecule has 0 spiro atoms. The van der Waals surface area contributed by atoms with Gasteiger partial charge in [0, 0.05) is 6.61 Å². The molecule has 1 aliphatic carbocycles. The first-order valence-electron chi connectivity index (χ1n) is 5.51. The Morgan fingerprint density at radius 2 is 2.23 bits per heavy atom. The van der Waals surface area contributed by atoms with Gasteiger partial charge in [-0.2, -0.15) is 0 Å². The highest BCUT2D eigenvalue weighted by Gasteiger charge is 2.49. The zero-order valence-electron chi connectivity index (χ0n) is 9.23.